The molecule has 3 amide bonds. The first-order valence-electron chi connectivity index (χ1n) is 8.98. The third kappa shape index (κ3) is 2.83. The smallest absolute Gasteiger partial charge is 0.328 e. The summed E-state index contributed by atoms with van der Waals surface area (Å²) in [5.74, 6) is 0.345. The van der Waals surface area contributed by atoms with Gasteiger partial charge in [-0.1, -0.05) is 0 Å². The molecule has 0 radical (unpaired) electrons. The van der Waals surface area contributed by atoms with Gasteiger partial charge in [-0.15, -0.1) is 0 Å². The standard InChI is InChI=1S/C18H23N5O4/c1-21-13-6-12(15(27-3)7-14(13)22(2)18(21)26)20-17(25)23-8-10-4-5-11(9-23)19-16(10)24/h6-7,10-11H,4-5,8-9H2,1-3H3,(H,19,24)(H,20,25). The molecular weight excluding hydrogens is 350 g/mol. The summed E-state index contributed by atoms with van der Waals surface area (Å²) in [5, 5.41) is 5.85. The second kappa shape index (κ2) is 6.33. The van der Waals surface area contributed by atoms with Gasteiger partial charge in [-0.05, 0) is 18.9 Å². The number of ether oxygens (including phenoxy) is 1. The van der Waals surface area contributed by atoms with E-state index in [9.17, 15) is 14.4 Å². The molecule has 3 saturated heterocycles. The summed E-state index contributed by atoms with van der Waals surface area (Å²) in [6.07, 6.45) is 1.70. The quantitative estimate of drug-likeness (QED) is 0.807. The average molecular weight is 373 g/mol. The molecule has 9 nitrogen and oxygen atoms in total. The van der Waals surface area contributed by atoms with Crippen LogP contribution in [0.15, 0.2) is 16.9 Å². The van der Waals surface area contributed by atoms with Crippen molar-refractivity contribution in [2.24, 2.45) is 20.0 Å². The van der Waals surface area contributed by atoms with Crippen LogP contribution in [0, 0.1) is 5.92 Å². The number of hydrogen-bond donors (Lipinski definition) is 2. The second-order valence-corrected chi connectivity index (χ2v) is 7.26. The summed E-state index contributed by atoms with van der Waals surface area (Å²) in [5.41, 5.74) is 1.77. The molecule has 2 bridgehead atoms. The molecule has 144 valence electrons. The highest BCUT2D eigenvalue weighted by molar-refractivity contribution is 5.95. The molecule has 1 aromatic heterocycles. The number of benzene rings is 1. The van der Waals surface area contributed by atoms with Gasteiger partial charge in [-0.25, -0.2) is 9.59 Å². The number of carbonyl (C=O) groups excluding carboxylic acids is 2. The van der Waals surface area contributed by atoms with E-state index in [1.165, 1.54) is 16.2 Å². The van der Waals surface area contributed by atoms with Crippen LogP contribution in [0.3, 0.4) is 0 Å². The number of carbonyl (C=O) groups is 2. The summed E-state index contributed by atoms with van der Waals surface area (Å²) < 4.78 is 8.48. The van der Waals surface area contributed by atoms with Crippen LogP contribution in [-0.2, 0) is 18.9 Å². The fraction of sp³-hybridized carbons (Fsp3) is 0.500. The monoisotopic (exact) mass is 373 g/mol. The number of piperidine rings is 1. The van der Waals surface area contributed by atoms with Crippen molar-refractivity contribution in [3.63, 3.8) is 0 Å². The minimum Gasteiger partial charge on any atom is -0.494 e. The van der Waals surface area contributed by atoms with Gasteiger partial charge in [0.2, 0.25) is 5.91 Å². The van der Waals surface area contributed by atoms with Gasteiger partial charge in [0.25, 0.3) is 0 Å². The van der Waals surface area contributed by atoms with Crippen LogP contribution in [0.1, 0.15) is 12.8 Å². The molecule has 2 aromatic rings. The third-order valence-electron chi connectivity index (χ3n) is 5.58. The molecule has 9 heteroatoms. The number of anilines is 1. The molecule has 27 heavy (non-hydrogen) atoms. The normalized spacial score (nSPS) is 21.9. The Hall–Kier alpha value is -2.97. The summed E-state index contributed by atoms with van der Waals surface area (Å²) >= 11 is 0. The zero-order valence-corrected chi connectivity index (χ0v) is 15.6. The van der Waals surface area contributed by atoms with Crippen LogP contribution in [0.4, 0.5) is 10.5 Å². The highest BCUT2D eigenvalue weighted by Crippen LogP contribution is 2.30. The Morgan fingerprint density at radius 3 is 2.52 bits per heavy atom. The van der Waals surface area contributed by atoms with Gasteiger partial charge in [-0.2, -0.15) is 0 Å². The maximum atomic E-state index is 12.9. The van der Waals surface area contributed by atoms with Gasteiger partial charge in [0.05, 0.1) is 29.7 Å². The average Bonchev–Trinajstić information content (AvgIpc) is 2.87. The Kier molecular flexibility index (Phi) is 4.09. The number of hydrogen-bond acceptors (Lipinski definition) is 4. The van der Waals surface area contributed by atoms with Gasteiger partial charge >= 0.3 is 11.7 Å². The number of nitrogens with one attached hydrogen (secondary N) is 2. The largest absolute Gasteiger partial charge is 0.494 e. The van der Waals surface area contributed by atoms with E-state index in [2.05, 4.69) is 10.6 Å². The molecule has 3 aliphatic rings. The number of nitrogens with zero attached hydrogens (tertiary/aromatic N) is 3. The van der Waals surface area contributed by atoms with E-state index in [1.54, 1.807) is 31.1 Å². The molecule has 2 N–H and O–H groups in total. The van der Waals surface area contributed by atoms with E-state index in [4.69, 9.17) is 4.74 Å². The van der Waals surface area contributed by atoms with Gasteiger partial charge in [0, 0.05) is 39.3 Å². The van der Waals surface area contributed by atoms with Crippen LogP contribution in [-0.4, -0.2) is 52.2 Å². The molecule has 0 spiro atoms. The Morgan fingerprint density at radius 2 is 1.85 bits per heavy atom. The van der Waals surface area contributed by atoms with Crippen LogP contribution in [0.2, 0.25) is 0 Å². The van der Waals surface area contributed by atoms with Gasteiger partial charge in [-0.3, -0.25) is 13.9 Å². The van der Waals surface area contributed by atoms with E-state index in [0.717, 1.165) is 18.4 Å². The number of fused-ring (bicyclic) bond motifs is 5. The number of aryl methyl sites for hydroxylation is 2. The molecule has 2 atom stereocenters. The van der Waals surface area contributed by atoms with E-state index < -0.39 is 0 Å². The van der Waals surface area contributed by atoms with Crippen molar-refractivity contribution in [1.29, 1.82) is 0 Å². The van der Waals surface area contributed by atoms with Crippen LogP contribution < -0.4 is 21.1 Å². The van der Waals surface area contributed by atoms with Crippen LogP contribution >= 0.6 is 0 Å². The van der Waals surface area contributed by atoms with Crippen LogP contribution in [0.25, 0.3) is 11.0 Å². The molecule has 3 fully saturated rings. The third-order valence-corrected chi connectivity index (χ3v) is 5.58. The molecule has 5 rings (SSSR count). The molecule has 4 heterocycles. The first-order chi connectivity index (χ1) is 12.9. The number of imidazole rings is 1. The molecule has 0 saturated carbocycles. The van der Waals surface area contributed by atoms with Crippen molar-refractivity contribution < 1.29 is 14.3 Å². The Labute approximate surface area is 155 Å². The summed E-state index contributed by atoms with van der Waals surface area (Å²) in [7, 11) is 4.90. The van der Waals surface area contributed by atoms with Crippen molar-refractivity contribution >= 4 is 28.7 Å². The predicted octanol–water partition coefficient (Wildman–Crippen LogP) is 0.628. The highest BCUT2D eigenvalue weighted by Gasteiger charge is 2.36. The van der Waals surface area contributed by atoms with Crippen molar-refractivity contribution in [1.82, 2.24) is 19.4 Å². The fourth-order valence-electron chi connectivity index (χ4n) is 4.00. The topological polar surface area (TPSA) is 97.6 Å². The SMILES string of the molecule is COc1cc2c(cc1NC(=O)N1CC3CCC(C1)C(=O)N3)n(C)c(=O)n2C. The van der Waals surface area contributed by atoms with Crippen LogP contribution in [0.5, 0.6) is 5.75 Å². The van der Waals surface area contributed by atoms with Crippen molar-refractivity contribution in [2.45, 2.75) is 18.9 Å². The molecule has 3 aliphatic heterocycles. The summed E-state index contributed by atoms with van der Waals surface area (Å²) in [6, 6.07) is 3.20. The predicted molar refractivity (Wildman–Crippen MR) is 100.0 cm³/mol. The molecule has 2 unspecified atom stereocenters. The first kappa shape index (κ1) is 17.4. The summed E-state index contributed by atoms with van der Waals surface area (Å²) in [6.45, 7) is 0.894. The van der Waals surface area contributed by atoms with E-state index in [-0.39, 0.29) is 29.6 Å². The summed E-state index contributed by atoms with van der Waals surface area (Å²) in [4.78, 5) is 38.7. The zero-order valence-electron chi connectivity index (χ0n) is 15.6. The number of rotatable bonds is 2. The van der Waals surface area contributed by atoms with Crippen molar-refractivity contribution in [3.8, 4) is 5.75 Å². The van der Waals surface area contributed by atoms with E-state index in [1.807, 2.05) is 0 Å². The number of methoxy groups -OCH3 is 1. The van der Waals surface area contributed by atoms with Gasteiger partial charge in [0.1, 0.15) is 5.75 Å². The van der Waals surface area contributed by atoms with Gasteiger partial charge < -0.3 is 20.3 Å². The maximum Gasteiger partial charge on any atom is 0.328 e. The Balaban J connectivity index is 1.64. The van der Waals surface area contributed by atoms with Crippen molar-refractivity contribution in [3.05, 3.63) is 22.6 Å². The lowest BCUT2D eigenvalue weighted by atomic mass is 9.96. The highest BCUT2D eigenvalue weighted by atomic mass is 16.5. The van der Waals surface area contributed by atoms with E-state index in [0.29, 0.717) is 30.0 Å². The first-order valence-corrected chi connectivity index (χ1v) is 8.98. The fourth-order valence-corrected chi connectivity index (χ4v) is 4.00. The number of amides is 3. The Bertz CT molecular complexity index is 992. The molecular formula is C18H23N5O4. The lowest BCUT2D eigenvalue weighted by Crippen LogP contribution is -2.44. The van der Waals surface area contributed by atoms with Gasteiger partial charge in [0.15, 0.2) is 0 Å². The Morgan fingerprint density at radius 1 is 1.15 bits per heavy atom. The zero-order chi connectivity index (χ0) is 19.3. The molecule has 1 aromatic carbocycles. The van der Waals surface area contributed by atoms with Crippen molar-refractivity contribution in [2.75, 3.05) is 25.5 Å². The lowest BCUT2D eigenvalue weighted by molar-refractivity contribution is -0.126. The molecule has 0 aliphatic carbocycles. The minimum absolute atomic E-state index is 0.00122. The number of urea groups is 1. The minimum atomic E-state index is -0.276. The van der Waals surface area contributed by atoms with E-state index >= 15 is 0 Å². The number of aromatic nitrogens is 2. The lowest BCUT2D eigenvalue weighted by Gasteiger charge is -2.23. The maximum absolute atomic E-state index is 12.9. The second-order valence-electron chi connectivity index (χ2n) is 7.26.